The number of carbonyl (C=O) groups excluding carboxylic acids is 2. The topological polar surface area (TPSA) is 80.0 Å². The van der Waals surface area contributed by atoms with Crippen molar-refractivity contribution in [3.8, 4) is 5.75 Å². The minimum Gasteiger partial charge on any atom is -0.507 e. The molecule has 0 bridgehead atoms. The number of ketones is 1. The Morgan fingerprint density at radius 1 is 1.00 bits per heavy atom. The van der Waals surface area contributed by atoms with Crippen LogP contribution in [0.4, 0.5) is 4.39 Å². The zero-order valence-electron chi connectivity index (χ0n) is 20.1. The first-order valence-corrected chi connectivity index (χ1v) is 11.8. The number of aliphatic hydroxyl groups is 1. The van der Waals surface area contributed by atoms with E-state index in [1.54, 1.807) is 36.4 Å². The van der Waals surface area contributed by atoms with Crippen molar-refractivity contribution in [2.45, 2.75) is 26.1 Å². The first kappa shape index (κ1) is 24.1. The molecule has 4 aromatic rings. The summed E-state index contributed by atoms with van der Waals surface area (Å²) in [6.07, 6.45) is 1.47. The number of carbonyl (C=O) groups is 2. The molecule has 0 radical (unpaired) electrons. The molecule has 0 aliphatic carbocycles. The van der Waals surface area contributed by atoms with Gasteiger partial charge in [-0.15, -0.1) is 0 Å². The second-order valence-corrected chi connectivity index (χ2v) is 8.86. The van der Waals surface area contributed by atoms with Crippen LogP contribution in [0.15, 0.2) is 101 Å². The van der Waals surface area contributed by atoms with E-state index in [1.807, 2.05) is 31.2 Å². The van der Waals surface area contributed by atoms with Crippen LogP contribution in [0, 0.1) is 12.7 Å². The molecule has 1 aliphatic heterocycles. The predicted octanol–water partition coefficient (Wildman–Crippen LogP) is 5.93. The summed E-state index contributed by atoms with van der Waals surface area (Å²) in [5, 5.41) is 11.2. The summed E-state index contributed by atoms with van der Waals surface area (Å²) < 4.78 is 24.9. The third kappa shape index (κ3) is 5.02. The maximum atomic E-state index is 13.6. The highest BCUT2D eigenvalue weighted by molar-refractivity contribution is 6.46. The van der Waals surface area contributed by atoms with E-state index < -0.39 is 23.5 Å². The first-order valence-electron chi connectivity index (χ1n) is 11.8. The fraction of sp³-hybridized carbons (Fsp3) is 0.133. The Labute approximate surface area is 213 Å². The molecule has 0 saturated carbocycles. The summed E-state index contributed by atoms with van der Waals surface area (Å²) in [5.41, 5.74) is 2.94. The summed E-state index contributed by atoms with van der Waals surface area (Å²) in [7, 11) is 0. The molecule has 7 heteroatoms. The number of aliphatic hydroxyl groups excluding tert-OH is 1. The largest absolute Gasteiger partial charge is 0.507 e. The summed E-state index contributed by atoms with van der Waals surface area (Å²) >= 11 is 0. The molecule has 37 heavy (non-hydrogen) atoms. The minimum atomic E-state index is -0.914. The van der Waals surface area contributed by atoms with Gasteiger partial charge in [0.25, 0.3) is 11.7 Å². The van der Waals surface area contributed by atoms with Gasteiger partial charge in [0.2, 0.25) is 0 Å². The molecule has 1 unspecified atom stereocenters. The zero-order valence-corrected chi connectivity index (χ0v) is 20.1. The number of hydrogen-bond acceptors (Lipinski definition) is 5. The lowest BCUT2D eigenvalue weighted by Gasteiger charge is -2.24. The lowest BCUT2D eigenvalue weighted by Crippen LogP contribution is -2.29. The molecule has 1 amide bonds. The number of ether oxygens (including phenoxy) is 1. The standard InChI is InChI=1S/C30H24FNO5/c1-19-4-2-5-20(16-19)18-37-24-13-9-22(10-14-24)28(33)26-27(21-7-11-23(31)12-8-21)32(30(35)29(26)34)17-25-6-3-15-36-25/h2-16,27,33H,17-18H2,1H3/b28-26+. The number of rotatable bonds is 7. The van der Waals surface area contributed by atoms with Crippen LogP contribution in [0.1, 0.15) is 34.1 Å². The van der Waals surface area contributed by atoms with E-state index in [2.05, 4.69) is 0 Å². The van der Waals surface area contributed by atoms with Crippen LogP contribution in [0.5, 0.6) is 5.75 Å². The molecule has 1 fully saturated rings. The summed E-state index contributed by atoms with van der Waals surface area (Å²) in [6.45, 7) is 2.41. The lowest BCUT2D eigenvalue weighted by atomic mass is 9.95. The third-order valence-corrected chi connectivity index (χ3v) is 6.25. The van der Waals surface area contributed by atoms with Gasteiger partial charge >= 0.3 is 0 Å². The second kappa shape index (κ2) is 10.1. The van der Waals surface area contributed by atoms with Crippen molar-refractivity contribution in [1.82, 2.24) is 4.90 Å². The molecular formula is C30H24FNO5. The molecule has 186 valence electrons. The van der Waals surface area contributed by atoms with Gasteiger partial charge in [0.1, 0.15) is 29.7 Å². The number of aryl methyl sites for hydroxylation is 1. The zero-order chi connectivity index (χ0) is 25.9. The number of benzene rings is 3. The highest BCUT2D eigenvalue weighted by Gasteiger charge is 2.46. The van der Waals surface area contributed by atoms with Crippen molar-refractivity contribution < 1.29 is 28.2 Å². The quantitative estimate of drug-likeness (QED) is 0.195. The summed E-state index contributed by atoms with van der Waals surface area (Å²) in [4.78, 5) is 27.5. The fourth-order valence-corrected chi connectivity index (χ4v) is 4.44. The first-order chi connectivity index (χ1) is 17.9. The molecular weight excluding hydrogens is 473 g/mol. The van der Waals surface area contributed by atoms with Gasteiger partial charge in [-0.25, -0.2) is 4.39 Å². The summed E-state index contributed by atoms with van der Waals surface area (Å²) in [5.74, 6) is -1.30. The Kier molecular flexibility index (Phi) is 6.60. The van der Waals surface area contributed by atoms with Gasteiger partial charge in [-0.1, -0.05) is 42.0 Å². The summed E-state index contributed by atoms with van der Waals surface area (Å²) in [6, 6.07) is 22.6. The molecule has 1 aliphatic rings. The number of nitrogens with zero attached hydrogens (tertiary/aromatic N) is 1. The molecule has 5 rings (SSSR count). The molecule has 1 aromatic heterocycles. The van der Waals surface area contributed by atoms with Crippen molar-refractivity contribution >= 4 is 17.4 Å². The van der Waals surface area contributed by atoms with Gasteiger partial charge < -0.3 is 19.2 Å². The average molecular weight is 498 g/mol. The number of hydrogen-bond donors (Lipinski definition) is 1. The Hall–Kier alpha value is -4.65. The van der Waals surface area contributed by atoms with E-state index >= 15 is 0 Å². The highest BCUT2D eigenvalue weighted by atomic mass is 19.1. The van der Waals surface area contributed by atoms with Gasteiger partial charge in [-0.2, -0.15) is 0 Å². The molecule has 3 aromatic carbocycles. The Bertz CT molecular complexity index is 1460. The van der Waals surface area contributed by atoms with Crippen molar-refractivity contribution in [1.29, 1.82) is 0 Å². The minimum absolute atomic E-state index is 0.0160. The molecule has 1 N–H and O–H groups in total. The normalized spacial score (nSPS) is 16.8. The van der Waals surface area contributed by atoms with Gasteiger partial charge in [-0.05, 0) is 66.6 Å². The van der Waals surface area contributed by atoms with Crippen LogP contribution in [-0.2, 0) is 22.7 Å². The Morgan fingerprint density at radius 2 is 1.76 bits per heavy atom. The maximum absolute atomic E-state index is 13.6. The number of likely N-dealkylation sites (tertiary alicyclic amines) is 1. The molecule has 2 heterocycles. The number of Topliss-reactive ketones (excluding diaryl/α,β-unsaturated/α-hetero) is 1. The maximum Gasteiger partial charge on any atom is 0.296 e. The van der Waals surface area contributed by atoms with Crippen LogP contribution in [-0.4, -0.2) is 21.7 Å². The Balaban J connectivity index is 1.46. The average Bonchev–Trinajstić information content (AvgIpc) is 3.50. The van der Waals surface area contributed by atoms with Crippen LogP contribution in [0.25, 0.3) is 5.76 Å². The van der Waals surface area contributed by atoms with Crippen LogP contribution in [0.3, 0.4) is 0 Å². The third-order valence-electron chi connectivity index (χ3n) is 6.25. The van der Waals surface area contributed by atoms with Crippen molar-refractivity contribution in [2.24, 2.45) is 0 Å². The van der Waals surface area contributed by atoms with Crippen molar-refractivity contribution in [2.75, 3.05) is 0 Å². The number of halogens is 1. The fourth-order valence-electron chi connectivity index (χ4n) is 4.44. The van der Waals surface area contributed by atoms with Gasteiger partial charge in [0.05, 0.1) is 24.4 Å². The number of amides is 1. The number of furan rings is 1. The van der Waals surface area contributed by atoms with E-state index in [-0.39, 0.29) is 17.9 Å². The molecule has 0 spiro atoms. The van der Waals surface area contributed by atoms with Crippen LogP contribution >= 0.6 is 0 Å². The van der Waals surface area contributed by atoms with Crippen LogP contribution in [0.2, 0.25) is 0 Å². The SMILES string of the molecule is Cc1cccc(COc2ccc(/C(O)=C3\C(=O)C(=O)N(Cc4ccco4)C3c3ccc(F)cc3)cc2)c1. The lowest BCUT2D eigenvalue weighted by molar-refractivity contribution is -0.140. The van der Waals surface area contributed by atoms with E-state index in [1.165, 1.54) is 35.4 Å². The molecule has 6 nitrogen and oxygen atoms in total. The predicted molar refractivity (Wildman–Crippen MR) is 135 cm³/mol. The Morgan fingerprint density at radius 3 is 2.43 bits per heavy atom. The van der Waals surface area contributed by atoms with Crippen molar-refractivity contribution in [3.63, 3.8) is 0 Å². The van der Waals surface area contributed by atoms with Gasteiger partial charge in [-0.3, -0.25) is 9.59 Å². The van der Waals surface area contributed by atoms with Gasteiger partial charge in [0.15, 0.2) is 0 Å². The molecule has 1 atom stereocenters. The second-order valence-electron chi connectivity index (χ2n) is 8.86. The van der Waals surface area contributed by atoms with Gasteiger partial charge in [0, 0.05) is 5.56 Å². The van der Waals surface area contributed by atoms with E-state index in [0.717, 1.165) is 11.1 Å². The van der Waals surface area contributed by atoms with Crippen molar-refractivity contribution in [3.05, 3.63) is 131 Å². The molecule has 1 saturated heterocycles. The smallest absolute Gasteiger partial charge is 0.296 e. The van der Waals surface area contributed by atoms with E-state index in [9.17, 15) is 19.1 Å². The van der Waals surface area contributed by atoms with Crippen LogP contribution < -0.4 is 4.74 Å². The monoisotopic (exact) mass is 497 g/mol. The van der Waals surface area contributed by atoms with E-state index in [0.29, 0.717) is 29.2 Å². The highest BCUT2D eigenvalue weighted by Crippen LogP contribution is 2.40. The van der Waals surface area contributed by atoms with E-state index in [4.69, 9.17) is 9.15 Å².